The molecule has 3 aromatic rings. The molecule has 0 bridgehead atoms. The van der Waals surface area contributed by atoms with Crippen LogP contribution in [0.25, 0.3) is 10.8 Å². The summed E-state index contributed by atoms with van der Waals surface area (Å²) in [5, 5.41) is 20.6. The smallest absolute Gasteiger partial charge is 0.157 e. The molecule has 0 aliphatic carbocycles. The molecule has 1 N–H and O–H groups in total. The molecule has 104 valence electrons. The van der Waals surface area contributed by atoms with Crippen molar-refractivity contribution in [3.8, 4) is 5.75 Å². The van der Waals surface area contributed by atoms with Gasteiger partial charge in [0.1, 0.15) is 5.69 Å². The molecule has 0 heterocycles. The molecule has 0 aliphatic rings. The van der Waals surface area contributed by atoms with Crippen LogP contribution in [0.2, 0.25) is 0 Å². The minimum absolute atomic E-state index is 0.101. The van der Waals surface area contributed by atoms with Crippen LogP contribution >= 0.6 is 15.9 Å². The normalized spacial score (nSPS) is 11.3. The molecule has 0 aliphatic heterocycles. The highest BCUT2D eigenvalue weighted by molar-refractivity contribution is 9.10. The number of fused-ring (bicyclic) bond motifs is 1. The average molecular weight is 341 g/mol. The SMILES string of the molecule is Cc1cc(Br)c(O)c(N=Nc2cccc3ccccc23)c1. The van der Waals surface area contributed by atoms with Crippen molar-refractivity contribution in [3.05, 3.63) is 64.6 Å². The molecule has 0 radical (unpaired) electrons. The summed E-state index contributed by atoms with van der Waals surface area (Å²) in [6.07, 6.45) is 0. The second kappa shape index (κ2) is 5.66. The van der Waals surface area contributed by atoms with E-state index in [0.29, 0.717) is 10.2 Å². The number of nitrogens with zero attached hydrogens (tertiary/aromatic N) is 2. The number of hydrogen-bond acceptors (Lipinski definition) is 3. The van der Waals surface area contributed by atoms with Gasteiger partial charge in [-0.15, -0.1) is 10.2 Å². The van der Waals surface area contributed by atoms with Crippen LogP contribution in [-0.2, 0) is 0 Å². The summed E-state index contributed by atoms with van der Waals surface area (Å²) in [7, 11) is 0. The van der Waals surface area contributed by atoms with E-state index in [2.05, 4.69) is 26.2 Å². The zero-order valence-corrected chi connectivity index (χ0v) is 13.0. The van der Waals surface area contributed by atoms with Gasteiger partial charge in [0.2, 0.25) is 0 Å². The molecular weight excluding hydrogens is 328 g/mol. The van der Waals surface area contributed by atoms with Crippen molar-refractivity contribution in [2.75, 3.05) is 0 Å². The van der Waals surface area contributed by atoms with E-state index in [1.165, 1.54) is 0 Å². The van der Waals surface area contributed by atoms with Gasteiger partial charge in [0.25, 0.3) is 0 Å². The van der Waals surface area contributed by atoms with Crippen LogP contribution in [0.3, 0.4) is 0 Å². The number of rotatable bonds is 2. The number of phenolic OH excluding ortho intramolecular Hbond substituents is 1. The largest absolute Gasteiger partial charge is 0.505 e. The van der Waals surface area contributed by atoms with Crippen LogP contribution in [0.5, 0.6) is 5.75 Å². The van der Waals surface area contributed by atoms with Gasteiger partial charge in [-0.1, -0.05) is 36.4 Å². The number of hydrogen-bond donors (Lipinski definition) is 1. The van der Waals surface area contributed by atoms with E-state index in [1.54, 1.807) is 6.07 Å². The minimum atomic E-state index is 0.101. The van der Waals surface area contributed by atoms with Gasteiger partial charge in [-0.3, -0.25) is 0 Å². The molecule has 3 nitrogen and oxygen atoms in total. The molecular formula is C17H13BrN2O. The maximum absolute atomic E-state index is 10.0. The third kappa shape index (κ3) is 2.81. The standard InChI is InChI=1S/C17H13BrN2O/c1-11-9-14(18)17(21)16(10-11)20-19-15-8-4-6-12-5-2-3-7-13(12)15/h2-10,21H,1H3. The monoisotopic (exact) mass is 340 g/mol. The fourth-order valence-electron chi connectivity index (χ4n) is 2.20. The van der Waals surface area contributed by atoms with Crippen LogP contribution in [-0.4, -0.2) is 5.11 Å². The number of aryl methyl sites for hydroxylation is 1. The van der Waals surface area contributed by atoms with E-state index in [9.17, 15) is 5.11 Å². The van der Waals surface area contributed by atoms with Gasteiger partial charge in [-0.25, -0.2) is 0 Å². The Balaban J connectivity index is 2.06. The average Bonchev–Trinajstić information content (AvgIpc) is 2.49. The Hall–Kier alpha value is -2.20. The van der Waals surface area contributed by atoms with E-state index < -0.39 is 0 Å². The van der Waals surface area contributed by atoms with Gasteiger partial charge in [-0.05, 0) is 52.0 Å². The summed E-state index contributed by atoms with van der Waals surface area (Å²) in [6.45, 7) is 1.95. The second-order valence-electron chi connectivity index (χ2n) is 4.81. The van der Waals surface area contributed by atoms with Gasteiger partial charge in [-0.2, -0.15) is 0 Å². The quantitative estimate of drug-likeness (QED) is 0.568. The van der Waals surface area contributed by atoms with Crippen molar-refractivity contribution in [2.45, 2.75) is 6.92 Å². The molecule has 0 saturated carbocycles. The molecule has 3 rings (SSSR count). The van der Waals surface area contributed by atoms with Crippen molar-refractivity contribution in [1.29, 1.82) is 0 Å². The highest BCUT2D eigenvalue weighted by Crippen LogP contribution is 2.37. The van der Waals surface area contributed by atoms with E-state index in [4.69, 9.17) is 0 Å². The lowest BCUT2D eigenvalue weighted by Crippen LogP contribution is -1.76. The molecule has 0 amide bonds. The number of halogens is 1. The lowest BCUT2D eigenvalue weighted by Gasteiger charge is -2.03. The molecule has 3 aromatic carbocycles. The Labute approximate surface area is 131 Å². The predicted octanol–water partition coefficient (Wildman–Crippen LogP) is 6.03. The first kappa shape index (κ1) is 13.8. The van der Waals surface area contributed by atoms with E-state index in [0.717, 1.165) is 22.0 Å². The summed E-state index contributed by atoms with van der Waals surface area (Å²) in [5.41, 5.74) is 2.24. The van der Waals surface area contributed by atoms with E-state index >= 15 is 0 Å². The zero-order valence-electron chi connectivity index (χ0n) is 11.4. The third-order valence-corrected chi connectivity index (χ3v) is 3.82. The third-order valence-electron chi connectivity index (χ3n) is 3.22. The Morgan fingerprint density at radius 3 is 2.48 bits per heavy atom. The number of phenols is 1. The summed E-state index contributed by atoms with van der Waals surface area (Å²) in [5.74, 6) is 0.101. The summed E-state index contributed by atoms with van der Waals surface area (Å²) < 4.78 is 0.620. The number of azo groups is 1. The lowest BCUT2D eigenvalue weighted by atomic mass is 10.1. The van der Waals surface area contributed by atoms with Crippen LogP contribution < -0.4 is 0 Å². The van der Waals surface area contributed by atoms with Gasteiger partial charge in [0.15, 0.2) is 5.75 Å². The van der Waals surface area contributed by atoms with Crippen molar-refractivity contribution in [3.63, 3.8) is 0 Å². The fraction of sp³-hybridized carbons (Fsp3) is 0.0588. The first-order chi connectivity index (χ1) is 10.1. The summed E-state index contributed by atoms with van der Waals surface area (Å²) in [6, 6.07) is 17.5. The summed E-state index contributed by atoms with van der Waals surface area (Å²) >= 11 is 3.31. The highest BCUT2D eigenvalue weighted by Gasteiger charge is 2.06. The lowest BCUT2D eigenvalue weighted by molar-refractivity contribution is 0.473. The Kier molecular flexibility index (Phi) is 3.71. The number of benzene rings is 3. The van der Waals surface area contributed by atoms with E-state index in [-0.39, 0.29) is 5.75 Å². The Morgan fingerprint density at radius 1 is 0.905 bits per heavy atom. The second-order valence-corrected chi connectivity index (χ2v) is 5.67. The molecule has 0 saturated heterocycles. The summed E-state index contributed by atoms with van der Waals surface area (Å²) in [4.78, 5) is 0. The van der Waals surface area contributed by atoms with Crippen LogP contribution in [0.1, 0.15) is 5.56 Å². The van der Waals surface area contributed by atoms with Crippen molar-refractivity contribution in [2.24, 2.45) is 10.2 Å². The molecule has 0 aromatic heterocycles. The molecule has 0 fully saturated rings. The zero-order chi connectivity index (χ0) is 14.8. The van der Waals surface area contributed by atoms with Gasteiger partial charge in [0, 0.05) is 5.39 Å². The minimum Gasteiger partial charge on any atom is -0.505 e. The van der Waals surface area contributed by atoms with Crippen LogP contribution in [0.15, 0.2) is 69.3 Å². The van der Waals surface area contributed by atoms with Crippen LogP contribution in [0.4, 0.5) is 11.4 Å². The molecule has 0 atom stereocenters. The molecule has 0 spiro atoms. The first-order valence-corrected chi connectivity index (χ1v) is 7.33. The maximum atomic E-state index is 10.0. The topological polar surface area (TPSA) is 45.0 Å². The Bertz CT molecular complexity index is 838. The van der Waals surface area contributed by atoms with E-state index in [1.807, 2.05) is 55.5 Å². The van der Waals surface area contributed by atoms with Gasteiger partial charge >= 0.3 is 0 Å². The fourth-order valence-corrected chi connectivity index (χ4v) is 2.76. The predicted molar refractivity (Wildman–Crippen MR) is 88.7 cm³/mol. The first-order valence-electron chi connectivity index (χ1n) is 6.54. The highest BCUT2D eigenvalue weighted by atomic mass is 79.9. The molecule has 4 heteroatoms. The van der Waals surface area contributed by atoms with Gasteiger partial charge in [0.05, 0.1) is 10.2 Å². The van der Waals surface area contributed by atoms with Crippen LogP contribution in [0, 0.1) is 6.92 Å². The van der Waals surface area contributed by atoms with Gasteiger partial charge < -0.3 is 5.11 Å². The number of aromatic hydroxyl groups is 1. The maximum Gasteiger partial charge on any atom is 0.157 e. The molecule has 21 heavy (non-hydrogen) atoms. The van der Waals surface area contributed by atoms with Crippen molar-refractivity contribution >= 4 is 38.1 Å². The molecule has 0 unspecified atom stereocenters. The Morgan fingerprint density at radius 2 is 1.62 bits per heavy atom. The van der Waals surface area contributed by atoms with Crippen molar-refractivity contribution < 1.29 is 5.11 Å². The van der Waals surface area contributed by atoms with Crippen molar-refractivity contribution in [1.82, 2.24) is 0 Å².